The third kappa shape index (κ3) is 4.11. The van der Waals surface area contributed by atoms with E-state index in [0.29, 0.717) is 24.1 Å². The Bertz CT molecular complexity index is 1220. The van der Waals surface area contributed by atoms with Crippen LogP contribution in [0.15, 0.2) is 47.6 Å². The number of pyridine rings is 1. The number of rotatable bonds is 7. The van der Waals surface area contributed by atoms with Crippen LogP contribution in [0, 0.1) is 0 Å². The molecule has 0 saturated carbocycles. The number of fused-ring (bicyclic) bond motifs is 1. The van der Waals surface area contributed by atoms with Gasteiger partial charge in [-0.25, -0.2) is 18.1 Å². The Kier molecular flexibility index (Phi) is 5.64. The van der Waals surface area contributed by atoms with Gasteiger partial charge in [-0.3, -0.25) is 9.48 Å². The summed E-state index contributed by atoms with van der Waals surface area (Å²) in [6, 6.07) is 8.40. The van der Waals surface area contributed by atoms with Gasteiger partial charge in [-0.2, -0.15) is 5.10 Å². The smallest absolute Gasteiger partial charge is 0.283 e. The SMILES string of the molecule is COc1ccc2c(c1S(=O)(=O)NC(=O)c1ccc(Cn3cccn3)c(OC)n1)CCC2. The van der Waals surface area contributed by atoms with Crippen molar-refractivity contribution in [1.82, 2.24) is 19.5 Å². The lowest BCUT2D eigenvalue weighted by atomic mass is 10.1. The summed E-state index contributed by atoms with van der Waals surface area (Å²) in [5.74, 6) is -0.415. The van der Waals surface area contributed by atoms with E-state index in [1.807, 2.05) is 6.07 Å². The first-order chi connectivity index (χ1) is 14.9. The highest BCUT2D eigenvalue weighted by molar-refractivity contribution is 7.90. The van der Waals surface area contributed by atoms with Crippen molar-refractivity contribution in [1.29, 1.82) is 0 Å². The maximum absolute atomic E-state index is 13.1. The quantitative estimate of drug-likeness (QED) is 0.595. The predicted molar refractivity (Wildman–Crippen MR) is 112 cm³/mol. The lowest BCUT2D eigenvalue weighted by molar-refractivity contribution is 0.0975. The summed E-state index contributed by atoms with van der Waals surface area (Å²) >= 11 is 0. The minimum atomic E-state index is -4.17. The Morgan fingerprint density at radius 1 is 1.16 bits per heavy atom. The van der Waals surface area contributed by atoms with Crippen LogP contribution in [-0.4, -0.2) is 43.3 Å². The number of aryl methyl sites for hydroxylation is 1. The lowest BCUT2D eigenvalue weighted by Gasteiger charge is -2.15. The summed E-state index contributed by atoms with van der Waals surface area (Å²) in [5.41, 5.74) is 2.28. The first-order valence-electron chi connectivity index (χ1n) is 9.70. The van der Waals surface area contributed by atoms with Gasteiger partial charge in [0.15, 0.2) is 0 Å². The van der Waals surface area contributed by atoms with Crippen LogP contribution in [0.25, 0.3) is 0 Å². The van der Waals surface area contributed by atoms with Gasteiger partial charge in [-0.1, -0.05) is 6.07 Å². The average Bonchev–Trinajstić information content (AvgIpc) is 3.44. The topological polar surface area (TPSA) is 112 Å². The van der Waals surface area contributed by atoms with Gasteiger partial charge in [0.2, 0.25) is 5.88 Å². The number of carbonyl (C=O) groups is 1. The van der Waals surface area contributed by atoms with Gasteiger partial charge in [0.05, 0.1) is 20.8 Å². The highest BCUT2D eigenvalue weighted by Gasteiger charge is 2.30. The van der Waals surface area contributed by atoms with Crippen LogP contribution < -0.4 is 14.2 Å². The third-order valence-electron chi connectivity index (χ3n) is 5.17. The molecule has 1 N–H and O–H groups in total. The van der Waals surface area contributed by atoms with E-state index >= 15 is 0 Å². The average molecular weight is 442 g/mol. The number of hydrogen-bond acceptors (Lipinski definition) is 7. The van der Waals surface area contributed by atoms with Gasteiger partial charge in [-0.15, -0.1) is 0 Å². The number of aromatic nitrogens is 3. The fourth-order valence-corrected chi connectivity index (χ4v) is 5.18. The summed E-state index contributed by atoms with van der Waals surface area (Å²) in [5, 5.41) is 4.13. The Morgan fingerprint density at radius 3 is 2.71 bits per heavy atom. The van der Waals surface area contributed by atoms with Crippen molar-refractivity contribution in [2.45, 2.75) is 30.7 Å². The summed E-state index contributed by atoms with van der Waals surface area (Å²) in [6.07, 6.45) is 5.71. The maximum Gasteiger partial charge on any atom is 0.283 e. The van der Waals surface area contributed by atoms with Crippen LogP contribution in [-0.2, 0) is 29.4 Å². The summed E-state index contributed by atoms with van der Waals surface area (Å²) < 4.78 is 40.6. The van der Waals surface area contributed by atoms with Crippen molar-refractivity contribution in [2.24, 2.45) is 0 Å². The molecule has 0 atom stereocenters. The van der Waals surface area contributed by atoms with Gasteiger partial charge in [0.25, 0.3) is 15.9 Å². The van der Waals surface area contributed by atoms with E-state index in [0.717, 1.165) is 18.4 Å². The molecule has 0 unspecified atom stereocenters. The minimum absolute atomic E-state index is 0.0145. The predicted octanol–water partition coefficient (Wildman–Crippen LogP) is 1.95. The second-order valence-electron chi connectivity index (χ2n) is 7.09. The fraction of sp³-hybridized carbons (Fsp3) is 0.286. The van der Waals surface area contributed by atoms with Gasteiger partial charge in [-0.05, 0) is 54.7 Å². The van der Waals surface area contributed by atoms with Crippen molar-refractivity contribution in [3.05, 3.63) is 65.1 Å². The molecule has 1 aliphatic carbocycles. The number of carbonyl (C=O) groups excluding carboxylic acids is 1. The van der Waals surface area contributed by atoms with Gasteiger partial charge >= 0.3 is 0 Å². The molecule has 0 fully saturated rings. The second-order valence-corrected chi connectivity index (χ2v) is 8.71. The van der Waals surface area contributed by atoms with Crippen LogP contribution in [0.5, 0.6) is 11.6 Å². The molecule has 0 radical (unpaired) electrons. The normalized spacial score (nSPS) is 13.0. The van der Waals surface area contributed by atoms with Crippen LogP contribution in [0.2, 0.25) is 0 Å². The number of benzene rings is 1. The standard InChI is InChI=1S/C21H22N4O5S/c1-29-18-10-8-14-5-3-6-16(14)19(18)31(27,28)24-20(26)17-9-7-15(21(23-17)30-2)13-25-12-4-11-22-25/h4,7-12H,3,5-6,13H2,1-2H3,(H,24,26). The van der Waals surface area contributed by atoms with Gasteiger partial charge in [0.1, 0.15) is 16.3 Å². The van der Waals surface area contributed by atoms with E-state index in [-0.39, 0.29) is 22.2 Å². The van der Waals surface area contributed by atoms with Crippen LogP contribution >= 0.6 is 0 Å². The van der Waals surface area contributed by atoms with Crippen LogP contribution in [0.3, 0.4) is 0 Å². The summed E-state index contributed by atoms with van der Waals surface area (Å²) in [7, 11) is -1.32. The van der Waals surface area contributed by atoms with Gasteiger partial charge in [0, 0.05) is 18.0 Å². The van der Waals surface area contributed by atoms with Crippen LogP contribution in [0.1, 0.15) is 33.6 Å². The number of amides is 1. The molecular weight excluding hydrogens is 420 g/mol. The fourth-order valence-electron chi connectivity index (χ4n) is 3.75. The third-order valence-corrected chi connectivity index (χ3v) is 6.61. The Morgan fingerprint density at radius 2 is 2.00 bits per heavy atom. The molecule has 1 aromatic carbocycles. The van der Waals surface area contributed by atoms with Gasteiger partial charge < -0.3 is 9.47 Å². The van der Waals surface area contributed by atoms with E-state index in [9.17, 15) is 13.2 Å². The molecular formula is C21H22N4O5S. The van der Waals surface area contributed by atoms with Crippen molar-refractivity contribution in [3.63, 3.8) is 0 Å². The van der Waals surface area contributed by atoms with E-state index in [4.69, 9.17) is 9.47 Å². The molecule has 1 aliphatic rings. The molecule has 0 spiro atoms. The molecule has 162 valence electrons. The van der Waals surface area contributed by atoms with E-state index in [2.05, 4.69) is 14.8 Å². The Balaban J connectivity index is 1.62. The zero-order chi connectivity index (χ0) is 22.0. The molecule has 4 rings (SSSR count). The van der Waals surface area contributed by atoms with Crippen molar-refractivity contribution in [2.75, 3.05) is 14.2 Å². The Hall–Kier alpha value is -3.40. The van der Waals surface area contributed by atoms with Crippen molar-refractivity contribution >= 4 is 15.9 Å². The zero-order valence-electron chi connectivity index (χ0n) is 17.2. The molecule has 3 aromatic rings. The summed E-state index contributed by atoms with van der Waals surface area (Å²) in [4.78, 5) is 17.0. The van der Waals surface area contributed by atoms with Crippen molar-refractivity contribution < 1.29 is 22.7 Å². The van der Waals surface area contributed by atoms with E-state index in [1.165, 1.54) is 20.3 Å². The van der Waals surface area contributed by atoms with Crippen LogP contribution in [0.4, 0.5) is 0 Å². The highest BCUT2D eigenvalue weighted by atomic mass is 32.2. The number of ether oxygens (including phenoxy) is 2. The first kappa shape index (κ1) is 20.9. The molecule has 10 heteroatoms. The number of nitrogens with zero attached hydrogens (tertiary/aromatic N) is 3. The second kappa shape index (κ2) is 8.38. The largest absolute Gasteiger partial charge is 0.495 e. The van der Waals surface area contributed by atoms with Crippen molar-refractivity contribution in [3.8, 4) is 11.6 Å². The monoisotopic (exact) mass is 442 g/mol. The molecule has 9 nitrogen and oxygen atoms in total. The summed E-state index contributed by atoms with van der Waals surface area (Å²) in [6.45, 7) is 0.400. The first-order valence-corrected chi connectivity index (χ1v) is 11.2. The Labute approximate surface area is 180 Å². The van der Waals surface area contributed by atoms with E-state index in [1.54, 1.807) is 35.3 Å². The zero-order valence-corrected chi connectivity index (χ0v) is 18.0. The highest BCUT2D eigenvalue weighted by Crippen LogP contribution is 2.35. The molecule has 31 heavy (non-hydrogen) atoms. The molecule has 0 bridgehead atoms. The maximum atomic E-state index is 13.1. The number of nitrogens with one attached hydrogen (secondary N) is 1. The minimum Gasteiger partial charge on any atom is -0.495 e. The molecule has 0 saturated heterocycles. The number of hydrogen-bond donors (Lipinski definition) is 1. The molecule has 2 heterocycles. The molecule has 1 amide bonds. The number of methoxy groups -OCH3 is 2. The van der Waals surface area contributed by atoms with E-state index < -0.39 is 15.9 Å². The molecule has 2 aromatic heterocycles. The molecule has 0 aliphatic heterocycles. The lowest BCUT2D eigenvalue weighted by Crippen LogP contribution is -2.32. The number of sulfonamides is 1.